The summed E-state index contributed by atoms with van der Waals surface area (Å²) in [6, 6.07) is 0. The minimum atomic E-state index is -3.76. The number of nitrogens with one attached hydrogen (secondary N) is 1. The molecule has 0 aromatic carbocycles. The lowest BCUT2D eigenvalue weighted by Gasteiger charge is -2.14. The van der Waals surface area contributed by atoms with E-state index in [0.29, 0.717) is 4.31 Å². The minimum Gasteiger partial charge on any atom is -0.300 e. The average Bonchev–Trinajstić information content (AvgIpc) is 2.57. The first kappa shape index (κ1) is 34.9. The second kappa shape index (κ2) is 17.8. The van der Waals surface area contributed by atoms with Gasteiger partial charge in [0.25, 0.3) is 0 Å². The SMILES string of the molecule is CC(=O)CCCS(=O)(=O)NC(C)=O.CC(C)=O.[C-]#[N+]CN(C(C)=O)S(=O)(=O)CCCC(C)=O. The topological polar surface area (TPSA) is 173 Å². The quantitative estimate of drug-likeness (QED) is 0.394. The fourth-order valence-corrected chi connectivity index (χ4v) is 4.26. The van der Waals surface area contributed by atoms with Gasteiger partial charge in [0, 0.05) is 26.7 Å². The number of ketones is 3. The first-order valence-electron chi connectivity index (χ1n) is 9.69. The number of rotatable bonds is 11. The van der Waals surface area contributed by atoms with Crippen molar-refractivity contribution in [3.63, 3.8) is 0 Å². The summed E-state index contributed by atoms with van der Waals surface area (Å²) in [5.41, 5.74) is 0. The van der Waals surface area contributed by atoms with E-state index in [2.05, 4.69) is 4.85 Å². The Kier molecular flexibility index (Phi) is 18.9. The molecule has 0 aliphatic heterocycles. The minimum absolute atomic E-state index is 0.0574. The van der Waals surface area contributed by atoms with Crippen molar-refractivity contribution in [2.75, 3.05) is 18.2 Å². The van der Waals surface area contributed by atoms with Gasteiger partial charge in [-0.3, -0.25) is 19.2 Å². The third-order valence-electron chi connectivity index (χ3n) is 3.06. The van der Waals surface area contributed by atoms with Crippen LogP contribution in [0.25, 0.3) is 4.85 Å². The lowest BCUT2D eigenvalue weighted by atomic mass is 10.3. The molecule has 33 heavy (non-hydrogen) atoms. The van der Waals surface area contributed by atoms with E-state index >= 15 is 0 Å². The highest BCUT2D eigenvalue weighted by Gasteiger charge is 2.26. The Bertz CT molecular complexity index is 930. The van der Waals surface area contributed by atoms with E-state index in [1.165, 1.54) is 27.7 Å². The molecule has 0 unspecified atom stereocenters. The number of sulfonamides is 2. The Morgan fingerprint density at radius 3 is 1.48 bits per heavy atom. The molecular weight excluding hydrogens is 478 g/mol. The number of amides is 2. The summed E-state index contributed by atoms with van der Waals surface area (Å²) in [4.78, 5) is 54.8. The molecule has 190 valence electrons. The van der Waals surface area contributed by atoms with Gasteiger partial charge in [0.2, 0.25) is 31.9 Å². The number of hydrogen-bond acceptors (Lipinski definition) is 9. The van der Waals surface area contributed by atoms with E-state index in [4.69, 9.17) is 6.57 Å². The van der Waals surface area contributed by atoms with Crippen LogP contribution in [0.2, 0.25) is 0 Å². The van der Waals surface area contributed by atoms with Crippen molar-refractivity contribution in [1.82, 2.24) is 9.03 Å². The Morgan fingerprint density at radius 1 is 0.788 bits per heavy atom. The molecule has 0 saturated heterocycles. The summed E-state index contributed by atoms with van der Waals surface area (Å²) in [6.07, 6.45) is 0.791. The summed E-state index contributed by atoms with van der Waals surface area (Å²) in [5.74, 6) is -1.76. The Morgan fingerprint density at radius 2 is 1.18 bits per heavy atom. The molecule has 0 saturated carbocycles. The maximum absolute atomic E-state index is 11.6. The van der Waals surface area contributed by atoms with Gasteiger partial charge in [-0.2, -0.15) is 4.31 Å². The van der Waals surface area contributed by atoms with E-state index in [9.17, 15) is 40.8 Å². The van der Waals surface area contributed by atoms with Crippen LogP contribution in [0.3, 0.4) is 0 Å². The maximum atomic E-state index is 11.6. The Hall–Kier alpha value is -2.66. The van der Waals surface area contributed by atoms with Gasteiger partial charge in [0.05, 0.1) is 11.5 Å². The zero-order valence-corrected chi connectivity index (χ0v) is 21.5. The molecule has 0 rings (SSSR count). The second-order valence-electron chi connectivity index (χ2n) is 6.98. The molecule has 0 aliphatic rings. The van der Waals surface area contributed by atoms with Crippen LogP contribution in [0.1, 0.15) is 67.2 Å². The second-order valence-corrected chi connectivity index (χ2v) is 10.8. The fourth-order valence-electron chi connectivity index (χ4n) is 1.84. The first-order valence-corrected chi connectivity index (χ1v) is 12.9. The number of carbonyl (C=O) groups is 5. The highest BCUT2D eigenvalue weighted by atomic mass is 32.2. The predicted molar refractivity (Wildman–Crippen MR) is 122 cm³/mol. The third-order valence-corrected chi connectivity index (χ3v) is 6.33. The number of nitrogens with zero attached hydrogens (tertiary/aromatic N) is 2. The highest BCUT2D eigenvalue weighted by Crippen LogP contribution is 2.06. The third kappa shape index (κ3) is 25.5. The summed E-state index contributed by atoms with van der Waals surface area (Å²) in [7, 11) is -7.29. The smallest absolute Gasteiger partial charge is 0.300 e. The van der Waals surface area contributed by atoms with E-state index in [0.717, 1.165) is 13.8 Å². The molecular formula is C19H33N3O9S2. The van der Waals surface area contributed by atoms with Crippen LogP contribution in [-0.2, 0) is 44.0 Å². The van der Waals surface area contributed by atoms with Crippen molar-refractivity contribution in [3.8, 4) is 0 Å². The summed E-state index contributed by atoms with van der Waals surface area (Å²) in [5, 5.41) is 0. The number of hydrogen-bond donors (Lipinski definition) is 1. The van der Waals surface area contributed by atoms with Crippen molar-refractivity contribution in [3.05, 3.63) is 11.4 Å². The van der Waals surface area contributed by atoms with Crippen molar-refractivity contribution in [2.45, 2.75) is 67.2 Å². The van der Waals surface area contributed by atoms with Crippen molar-refractivity contribution < 1.29 is 40.8 Å². The molecule has 12 nitrogen and oxygen atoms in total. The van der Waals surface area contributed by atoms with Gasteiger partial charge in [-0.15, -0.1) is 0 Å². The molecule has 0 aliphatic carbocycles. The Labute approximate surface area is 196 Å². The number of Topliss-reactive ketones (excluding diaryl/α,β-unsaturated/α-hetero) is 3. The standard InChI is InChI=1S/C9H14N2O4S.C7H13NO4S.C3H6O/c1-8(12)5-4-6-16(14,15)11(7-10-3)9(2)13;1-6(9)4-3-5-13(11,12)8-7(2)10;1-3(2)4/h4-7H2,1-2H3;3-5H2,1-2H3,(H,8,10);1-2H3. The summed E-state index contributed by atoms with van der Waals surface area (Å²) >= 11 is 0. The van der Waals surface area contributed by atoms with Gasteiger partial charge in [-0.05, 0) is 40.5 Å². The van der Waals surface area contributed by atoms with Gasteiger partial charge in [0.1, 0.15) is 17.3 Å². The fraction of sp³-hybridized carbons (Fsp3) is 0.684. The molecule has 0 bridgehead atoms. The van der Waals surface area contributed by atoms with Gasteiger partial charge >= 0.3 is 6.67 Å². The first-order chi connectivity index (χ1) is 14.9. The molecule has 0 spiro atoms. The molecule has 0 heterocycles. The van der Waals surface area contributed by atoms with Crippen LogP contribution in [0.15, 0.2) is 0 Å². The molecule has 0 aromatic rings. The van der Waals surface area contributed by atoms with E-state index < -0.39 is 38.5 Å². The van der Waals surface area contributed by atoms with Crippen LogP contribution in [-0.4, -0.2) is 68.5 Å². The molecule has 0 aromatic heterocycles. The van der Waals surface area contributed by atoms with E-state index in [1.807, 2.05) is 4.72 Å². The van der Waals surface area contributed by atoms with E-state index in [-0.39, 0.29) is 54.5 Å². The van der Waals surface area contributed by atoms with Gasteiger partial charge in [-0.25, -0.2) is 23.4 Å². The predicted octanol–water partition coefficient (Wildman–Crippen LogP) is 0.827. The van der Waals surface area contributed by atoms with Gasteiger partial charge in [0.15, 0.2) is 0 Å². The molecule has 0 atom stereocenters. The van der Waals surface area contributed by atoms with Crippen LogP contribution >= 0.6 is 0 Å². The summed E-state index contributed by atoms with van der Waals surface area (Å²) in [6.45, 7) is 14.1. The highest BCUT2D eigenvalue weighted by molar-refractivity contribution is 7.90. The normalized spacial score (nSPS) is 10.2. The lowest BCUT2D eigenvalue weighted by Crippen LogP contribution is -2.36. The summed E-state index contributed by atoms with van der Waals surface area (Å²) < 4.78 is 47.5. The number of carbonyl (C=O) groups excluding carboxylic acids is 5. The molecule has 2 amide bonds. The molecule has 0 radical (unpaired) electrons. The monoisotopic (exact) mass is 511 g/mol. The molecule has 14 heteroatoms. The van der Waals surface area contributed by atoms with E-state index in [1.54, 1.807) is 0 Å². The van der Waals surface area contributed by atoms with Crippen LogP contribution in [0.5, 0.6) is 0 Å². The van der Waals surface area contributed by atoms with Gasteiger partial charge in [-0.1, -0.05) is 0 Å². The molecule has 1 N–H and O–H groups in total. The van der Waals surface area contributed by atoms with Crippen molar-refractivity contribution in [2.24, 2.45) is 0 Å². The largest absolute Gasteiger partial charge is 0.304 e. The maximum Gasteiger partial charge on any atom is 0.304 e. The van der Waals surface area contributed by atoms with Crippen LogP contribution in [0.4, 0.5) is 0 Å². The average molecular weight is 512 g/mol. The van der Waals surface area contributed by atoms with Crippen molar-refractivity contribution in [1.29, 1.82) is 0 Å². The molecule has 0 fully saturated rings. The lowest BCUT2D eigenvalue weighted by molar-refractivity contribution is -0.124. The van der Waals surface area contributed by atoms with Gasteiger partial charge < -0.3 is 14.4 Å². The van der Waals surface area contributed by atoms with Crippen LogP contribution in [0, 0.1) is 6.57 Å². The van der Waals surface area contributed by atoms with Crippen LogP contribution < -0.4 is 4.72 Å². The van der Waals surface area contributed by atoms with Crippen molar-refractivity contribution >= 4 is 49.2 Å². The Balaban J connectivity index is -0.000000476. The zero-order chi connectivity index (χ0) is 26.8. The zero-order valence-electron chi connectivity index (χ0n) is 19.8.